The Morgan fingerprint density at radius 2 is 1.72 bits per heavy atom. The number of amides is 2. The van der Waals surface area contributed by atoms with Crippen LogP contribution in [0.5, 0.6) is 0 Å². The molecule has 1 aliphatic rings. The molecule has 136 valence electrons. The number of benzene rings is 1. The van der Waals surface area contributed by atoms with Gasteiger partial charge in [0, 0.05) is 45.0 Å². The van der Waals surface area contributed by atoms with Crippen LogP contribution < -0.4 is 15.5 Å². The van der Waals surface area contributed by atoms with E-state index >= 15 is 0 Å². The molecular weight excluding hydrogens is 316 g/mol. The number of rotatable bonds is 7. The number of hydrogen-bond donors (Lipinski definition) is 2. The monoisotopic (exact) mass is 344 g/mol. The molecule has 25 heavy (non-hydrogen) atoms. The summed E-state index contributed by atoms with van der Waals surface area (Å²) < 4.78 is 0. The third kappa shape index (κ3) is 6.23. The zero-order valence-electron chi connectivity index (χ0n) is 15.0. The summed E-state index contributed by atoms with van der Waals surface area (Å²) in [7, 11) is 2.16. The number of likely N-dealkylation sites (N-methyl/N-ethyl adjacent to an activating group) is 1. The van der Waals surface area contributed by atoms with Gasteiger partial charge in [-0.05, 0) is 37.6 Å². The van der Waals surface area contributed by atoms with E-state index in [4.69, 9.17) is 0 Å². The van der Waals surface area contributed by atoms with Gasteiger partial charge in [-0.15, -0.1) is 6.58 Å². The Morgan fingerprint density at radius 3 is 2.36 bits per heavy atom. The van der Waals surface area contributed by atoms with Crippen molar-refractivity contribution < 1.29 is 9.59 Å². The molecule has 1 aliphatic heterocycles. The number of aryl methyl sites for hydroxylation is 1. The topological polar surface area (TPSA) is 64.7 Å². The van der Waals surface area contributed by atoms with Crippen LogP contribution in [0.4, 0.5) is 5.69 Å². The zero-order chi connectivity index (χ0) is 18.1. The molecule has 0 spiro atoms. The van der Waals surface area contributed by atoms with Gasteiger partial charge in [0.15, 0.2) is 0 Å². The molecule has 6 heteroatoms. The van der Waals surface area contributed by atoms with Crippen LogP contribution in [-0.4, -0.2) is 63.0 Å². The number of hydrogen-bond acceptors (Lipinski definition) is 4. The smallest absolute Gasteiger partial charge is 0.309 e. The summed E-state index contributed by atoms with van der Waals surface area (Å²) >= 11 is 0. The molecule has 0 saturated carbocycles. The first-order valence-electron chi connectivity index (χ1n) is 8.79. The van der Waals surface area contributed by atoms with E-state index in [0.29, 0.717) is 13.1 Å². The summed E-state index contributed by atoms with van der Waals surface area (Å²) in [6.45, 7) is 8.60. The van der Waals surface area contributed by atoms with Crippen LogP contribution in [0.15, 0.2) is 36.9 Å². The van der Waals surface area contributed by atoms with Crippen LogP contribution in [0.25, 0.3) is 0 Å². The molecule has 1 saturated heterocycles. The van der Waals surface area contributed by atoms with Crippen LogP contribution in [0, 0.1) is 0 Å². The van der Waals surface area contributed by atoms with Crippen molar-refractivity contribution >= 4 is 17.5 Å². The number of carbonyl (C=O) groups excluding carboxylic acids is 2. The molecule has 1 aromatic carbocycles. The standard InChI is InChI=1S/C19H28N4O2/c1-3-10-20-18(24)19(25)21-11-4-5-16-6-8-17(9-7-16)23-14-12-22(2)13-15-23/h3,6-9H,1,4-5,10-15H2,2H3,(H,20,24)(H,21,25). The molecule has 0 atom stereocenters. The molecule has 1 fully saturated rings. The maximum Gasteiger partial charge on any atom is 0.309 e. The number of anilines is 1. The quantitative estimate of drug-likeness (QED) is 0.436. The number of piperazine rings is 1. The number of nitrogens with one attached hydrogen (secondary N) is 2. The van der Waals surface area contributed by atoms with E-state index in [1.165, 1.54) is 17.3 Å². The highest BCUT2D eigenvalue weighted by Gasteiger charge is 2.14. The first-order chi connectivity index (χ1) is 12.1. The van der Waals surface area contributed by atoms with Crippen molar-refractivity contribution in [3.8, 4) is 0 Å². The summed E-state index contributed by atoms with van der Waals surface area (Å²) in [6, 6.07) is 8.63. The number of carbonyl (C=O) groups is 2. The molecule has 2 rings (SSSR count). The Kier molecular flexibility index (Phi) is 7.47. The molecule has 0 bridgehead atoms. The minimum absolute atomic E-state index is 0.298. The Morgan fingerprint density at radius 1 is 1.08 bits per heavy atom. The predicted octanol–water partition coefficient (Wildman–Crippen LogP) is 0.789. The fourth-order valence-corrected chi connectivity index (χ4v) is 2.76. The lowest BCUT2D eigenvalue weighted by molar-refractivity contribution is -0.139. The van der Waals surface area contributed by atoms with E-state index in [2.05, 4.69) is 58.3 Å². The van der Waals surface area contributed by atoms with Crippen molar-refractivity contribution in [1.82, 2.24) is 15.5 Å². The van der Waals surface area contributed by atoms with Crippen LogP contribution in [-0.2, 0) is 16.0 Å². The lowest BCUT2D eigenvalue weighted by atomic mass is 10.1. The van der Waals surface area contributed by atoms with Crippen molar-refractivity contribution in [2.24, 2.45) is 0 Å². The van der Waals surface area contributed by atoms with E-state index in [-0.39, 0.29) is 0 Å². The molecule has 2 N–H and O–H groups in total. The highest BCUT2D eigenvalue weighted by Crippen LogP contribution is 2.17. The lowest BCUT2D eigenvalue weighted by Crippen LogP contribution is -2.44. The molecule has 2 amide bonds. The van der Waals surface area contributed by atoms with Gasteiger partial charge in [0.05, 0.1) is 0 Å². The highest BCUT2D eigenvalue weighted by atomic mass is 16.2. The third-order valence-electron chi connectivity index (χ3n) is 4.35. The van der Waals surface area contributed by atoms with Crippen molar-refractivity contribution in [3.05, 3.63) is 42.5 Å². The molecule has 6 nitrogen and oxygen atoms in total. The third-order valence-corrected chi connectivity index (χ3v) is 4.35. The predicted molar refractivity (Wildman–Crippen MR) is 101 cm³/mol. The van der Waals surface area contributed by atoms with Gasteiger partial charge in [-0.2, -0.15) is 0 Å². The van der Waals surface area contributed by atoms with E-state index in [0.717, 1.165) is 39.0 Å². The number of nitrogens with zero attached hydrogens (tertiary/aromatic N) is 2. The minimum Gasteiger partial charge on any atom is -0.369 e. The maximum absolute atomic E-state index is 11.5. The Balaban J connectivity index is 1.68. The summed E-state index contributed by atoms with van der Waals surface area (Å²) in [4.78, 5) is 27.7. The Hall–Kier alpha value is -2.34. The summed E-state index contributed by atoms with van der Waals surface area (Å²) in [5, 5.41) is 5.08. The fourth-order valence-electron chi connectivity index (χ4n) is 2.76. The molecule has 0 aliphatic carbocycles. The van der Waals surface area contributed by atoms with E-state index in [9.17, 15) is 9.59 Å². The second-order valence-corrected chi connectivity index (χ2v) is 6.31. The molecule has 1 aromatic rings. The van der Waals surface area contributed by atoms with Crippen molar-refractivity contribution in [2.75, 3.05) is 51.2 Å². The van der Waals surface area contributed by atoms with E-state index in [1.807, 2.05) is 0 Å². The second-order valence-electron chi connectivity index (χ2n) is 6.31. The van der Waals surface area contributed by atoms with Gasteiger partial charge in [0.25, 0.3) is 0 Å². The van der Waals surface area contributed by atoms with Crippen LogP contribution in [0.2, 0.25) is 0 Å². The van der Waals surface area contributed by atoms with Crippen LogP contribution in [0.3, 0.4) is 0 Å². The average Bonchev–Trinajstić information content (AvgIpc) is 2.64. The summed E-state index contributed by atoms with van der Waals surface area (Å²) in [5.74, 6) is -1.20. The first kappa shape index (κ1) is 19.0. The van der Waals surface area contributed by atoms with E-state index in [1.54, 1.807) is 0 Å². The van der Waals surface area contributed by atoms with Gasteiger partial charge in [-0.3, -0.25) is 9.59 Å². The molecule has 1 heterocycles. The molecule has 0 unspecified atom stereocenters. The zero-order valence-corrected chi connectivity index (χ0v) is 15.0. The Bertz CT molecular complexity index is 578. The van der Waals surface area contributed by atoms with Gasteiger partial charge in [0.2, 0.25) is 0 Å². The fraction of sp³-hybridized carbons (Fsp3) is 0.474. The second kappa shape index (κ2) is 9.84. The average molecular weight is 344 g/mol. The van der Waals surface area contributed by atoms with Gasteiger partial charge in [-0.25, -0.2) is 0 Å². The lowest BCUT2D eigenvalue weighted by Gasteiger charge is -2.34. The maximum atomic E-state index is 11.5. The molecular formula is C19H28N4O2. The SMILES string of the molecule is C=CCNC(=O)C(=O)NCCCc1ccc(N2CCN(C)CC2)cc1. The van der Waals surface area contributed by atoms with Gasteiger partial charge >= 0.3 is 11.8 Å². The van der Waals surface area contributed by atoms with Crippen LogP contribution in [0.1, 0.15) is 12.0 Å². The Labute approximate surface area is 149 Å². The van der Waals surface area contributed by atoms with Crippen molar-refractivity contribution in [3.63, 3.8) is 0 Å². The first-order valence-corrected chi connectivity index (χ1v) is 8.79. The van der Waals surface area contributed by atoms with Crippen molar-refractivity contribution in [1.29, 1.82) is 0 Å². The normalized spacial score (nSPS) is 14.8. The van der Waals surface area contributed by atoms with Gasteiger partial charge in [-0.1, -0.05) is 18.2 Å². The minimum atomic E-state index is -0.614. The van der Waals surface area contributed by atoms with E-state index < -0.39 is 11.8 Å². The summed E-state index contributed by atoms with van der Waals surface area (Å²) in [6.07, 6.45) is 3.21. The van der Waals surface area contributed by atoms with Gasteiger partial charge < -0.3 is 20.4 Å². The largest absolute Gasteiger partial charge is 0.369 e. The summed E-state index contributed by atoms with van der Waals surface area (Å²) in [5.41, 5.74) is 2.51. The van der Waals surface area contributed by atoms with Crippen molar-refractivity contribution in [2.45, 2.75) is 12.8 Å². The van der Waals surface area contributed by atoms with Crippen LogP contribution >= 0.6 is 0 Å². The van der Waals surface area contributed by atoms with Gasteiger partial charge in [0.1, 0.15) is 0 Å². The molecule has 0 radical (unpaired) electrons. The highest BCUT2D eigenvalue weighted by molar-refractivity contribution is 6.35. The molecule has 0 aromatic heterocycles.